The van der Waals surface area contributed by atoms with E-state index < -0.39 is 0 Å². The van der Waals surface area contributed by atoms with Crippen LogP contribution in [0, 0.1) is 0 Å². The van der Waals surface area contributed by atoms with Gasteiger partial charge in [-0.2, -0.15) is 5.10 Å². The number of nitrogens with zero attached hydrogens (tertiary/aromatic N) is 2. The molecule has 1 heterocycles. The second-order valence-corrected chi connectivity index (χ2v) is 3.77. The molecular weight excluding hydrogens is 186 g/mol. The Hall–Kier alpha value is -1.09. The van der Waals surface area contributed by atoms with E-state index >= 15 is 0 Å². The van der Waals surface area contributed by atoms with Gasteiger partial charge >= 0.3 is 0 Å². The van der Waals surface area contributed by atoms with Gasteiger partial charge in [-0.05, 0) is 31.5 Å². The number of rotatable bonds is 6. The Labute approximate surface area is 92.2 Å². The van der Waals surface area contributed by atoms with Crippen LogP contribution >= 0.6 is 0 Å². The first kappa shape index (κ1) is 12.0. The molecule has 0 atom stereocenters. The maximum Gasteiger partial charge on any atom is 0.0632 e. The minimum Gasteiger partial charge on any atom is -0.316 e. The lowest BCUT2D eigenvalue weighted by atomic mass is 10.2. The second kappa shape index (κ2) is 5.71. The summed E-state index contributed by atoms with van der Waals surface area (Å²) in [5.41, 5.74) is 3.63. The molecule has 0 aromatic carbocycles. The molecule has 0 aliphatic rings. The maximum atomic E-state index is 4.55. The van der Waals surface area contributed by atoms with Crippen LogP contribution in [0.1, 0.15) is 25.2 Å². The van der Waals surface area contributed by atoms with E-state index in [0.29, 0.717) is 0 Å². The fourth-order valence-corrected chi connectivity index (χ4v) is 1.63. The topological polar surface area (TPSA) is 29.9 Å². The van der Waals surface area contributed by atoms with E-state index in [1.54, 1.807) is 0 Å². The molecule has 15 heavy (non-hydrogen) atoms. The number of hydrogen-bond acceptors (Lipinski definition) is 2. The van der Waals surface area contributed by atoms with E-state index in [9.17, 15) is 0 Å². The average molecular weight is 207 g/mol. The van der Waals surface area contributed by atoms with E-state index in [-0.39, 0.29) is 0 Å². The third kappa shape index (κ3) is 3.20. The molecule has 0 radical (unpaired) electrons. The van der Waals surface area contributed by atoms with Gasteiger partial charge in [0.2, 0.25) is 0 Å². The Bertz CT molecular complexity index is 326. The van der Waals surface area contributed by atoms with Crippen LogP contribution in [0.2, 0.25) is 0 Å². The summed E-state index contributed by atoms with van der Waals surface area (Å²) in [7, 11) is 1.94. The second-order valence-electron chi connectivity index (χ2n) is 3.77. The minimum absolute atomic E-state index is 0.823. The largest absolute Gasteiger partial charge is 0.316 e. The van der Waals surface area contributed by atoms with Crippen LogP contribution in [0.3, 0.4) is 0 Å². The monoisotopic (exact) mass is 207 g/mol. The number of hydrogen-bond donors (Lipinski definition) is 1. The molecule has 3 heteroatoms. The molecule has 1 N–H and O–H groups in total. The summed E-state index contributed by atoms with van der Waals surface area (Å²) in [6.07, 6.45) is 2.03. The van der Waals surface area contributed by atoms with Crippen molar-refractivity contribution in [1.82, 2.24) is 15.1 Å². The van der Waals surface area contributed by atoms with Crippen molar-refractivity contribution < 1.29 is 0 Å². The van der Waals surface area contributed by atoms with Crippen molar-refractivity contribution in [3.05, 3.63) is 29.6 Å². The zero-order chi connectivity index (χ0) is 11.3. The molecule has 1 aromatic rings. The molecule has 1 aromatic heterocycles. The van der Waals surface area contributed by atoms with Gasteiger partial charge in [0.1, 0.15) is 0 Å². The van der Waals surface area contributed by atoms with E-state index in [2.05, 4.69) is 41.6 Å². The highest BCUT2D eigenvalue weighted by molar-refractivity contribution is 5.12. The Balaban J connectivity index is 2.74. The first-order valence-corrected chi connectivity index (χ1v) is 5.58. The summed E-state index contributed by atoms with van der Waals surface area (Å²) in [6.45, 7) is 10.00. The highest BCUT2D eigenvalue weighted by Crippen LogP contribution is 2.08. The molecule has 0 saturated heterocycles. The lowest BCUT2D eigenvalue weighted by Crippen LogP contribution is -2.15. The number of nitrogens with one attached hydrogen (secondary N) is 1. The van der Waals surface area contributed by atoms with Crippen LogP contribution < -0.4 is 5.32 Å². The Morgan fingerprint density at radius 3 is 2.73 bits per heavy atom. The molecule has 0 aliphatic heterocycles. The van der Waals surface area contributed by atoms with E-state index in [0.717, 1.165) is 31.5 Å². The van der Waals surface area contributed by atoms with Gasteiger partial charge in [0.25, 0.3) is 0 Å². The molecule has 0 aliphatic carbocycles. The van der Waals surface area contributed by atoms with Crippen LogP contribution in [-0.4, -0.2) is 23.4 Å². The first-order valence-electron chi connectivity index (χ1n) is 5.58. The Kier molecular flexibility index (Phi) is 4.56. The minimum atomic E-state index is 0.823. The van der Waals surface area contributed by atoms with Gasteiger partial charge in [-0.15, -0.1) is 0 Å². The number of aromatic nitrogens is 2. The van der Waals surface area contributed by atoms with Crippen LogP contribution in [0.5, 0.6) is 0 Å². The van der Waals surface area contributed by atoms with Crippen molar-refractivity contribution in [1.29, 1.82) is 0 Å². The van der Waals surface area contributed by atoms with Crippen LogP contribution in [0.25, 0.3) is 0 Å². The molecule has 0 saturated carbocycles. The van der Waals surface area contributed by atoms with Crippen molar-refractivity contribution in [2.75, 3.05) is 13.6 Å². The standard InChI is InChI=1S/C12H21N3/c1-5-11-7-12(6-2)15(14-11)9-10(3)8-13-4/h7,13H,3,5-6,8-9H2,1-2,4H3. The van der Waals surface area contributed by atoms with E-state index in [1.807, 2.05) is 7.05 Å². The smallest absolute Gasteiger partial charge is 0.0632 e. The molecule has 0 bridgehead atoms. The van der Waals surface area contributed by atoms with Gasteiger partial charge in [-0.3, -0.25) is 4.68 Å². The van der Waals surface area contributed by atoms with Gasteiger partial charge in [-0.25, -0.2) is 0 Å². The van der Waals surface area contributed by atoms with Gasteiger partial charge in [0.05, 0.1) is 12.2 Å². The SMILES string of the molecule is C=C(CNC)Cn1nc(CC)cc1CC. The molecular formula is C12H21N3. The highest BCUT2D eigenvalue weighted by atomic mass is 15.3. The number of aryl methyl sites for hydroxylation is 2. The summed E-state index contributed by atoms with van der Waals surface area (Å²) in [6, 6.07) is 2.19. The fraction of sp³-hybridized carbons (Fsp3) is 0.583. The third-order valence-corrected chi connectivity index (χ3v) is 2.44. The van der Waals surface area contributed by atoms with Crippen molar-refractivity contribution in [2.24, 2.45) is 0 Å². The molecule has 1 rings (SSSR count). The molecule has 0 amide bonds. The third-order valence-electron chi connectivity index (χ3n) is 2.44. The van der Waals surface area contributed by atoms with Gasteiger partial charge in [-0.1, -0.05) is 20.4 Å². The molecule has 3 nitrogen and oxygen atoms in total. The lowest BCUT2D eigenvalue weighted by Gasteiger charge is -2.08. The van der Waals surface area contributed by atoms with Crippen LogP contribution in [-0.2, 0) is 19.4 Å². The van der Waals surface area contributed by atoms with Gasteiger partial charge in [0, 0.05) is 12.2 Å². The summed E-state index contributed by atoms with van der Waals surface area (Å²) < 4.78 is 2.07. The normalized spacial score (nSPS) is 10.6. The molecule has 0 spiro atoms. The Morgan fingerprint density at radius 2 is 2.20 bits per heavy atom. The van der Waals surface area contributed by atoms with E-state index in [4.69, 9.17) is 0 Å². The fourth-order valence-electron chi connectivity index (χ4n) is 1.63. The Morgan fingerprint density at radius 1 is 1.47 bits per heavy atom. The van der Waals surface area contributed by atoms with Crippen molar-refractivity contribution in [2.45, 2.75) is 33.2 Å². The molecule has 0 fully saturated rings. The molecule has 0 unspecified atom stereocenters. The summed E-state index contributed by atoms with van der Waals surface area (Å²) >= 11 is 0. The highest BCUT2D eigenvalue weighted by Gasteiger charge is 2.05. The zero-order valence-electron chi connectivity index (χ0n) is 10.0. The van der Waals surface area contributed by atoms with Crippen molar-refractivity contribution in [3.8, 4) is 0 Å². The van der Waals surface area contributed by atoms with Crippen molar-refractivity contribution in [3.63, 3.8) is 0 Å². The van der Waals surface area contributed by atoms with Crippen molar-refractivity contribution >= 4 is 0 Å². The van der Waals surface area contributed by atoms with Crippen LogP contribution in [0.4, 0.5) is 0 Å². The zero-order valence-corrected chi connectivity index (χ0v) is 10.0. The van der Waals surface area contributed by atoms with E-state index in [1.165, 1.54) is 11.4 Å². The lowest BCUT2D eigenvalue weighted by molar-refractivity contribution is 0.619. The van der Waals surface area contributed by atoms with Gasteiger partial charge < -0.3 is 5.32 Å². The maximum absolute atomic E-state index is 4.55. The summed E-state index contributed by atoms with van der Waals surface area (Å²) in [4.78, 5) is 0. The average Bonchev–Trinajstić information content (AvgIpc) is 2.60. The number of likely N-dealkylation sites (N-methyl/N-ethyl adjacent to an activating group) is 1. The summed E-state index contributed by atoms with van der Waals surface area (Å²) in [5.74, 6) is 0. The first-order chi connectivity index (χ1) is 7.21. The van der Waals surface area contributed by atoms with Gasteiger partial charge in [0.15, 0.2) is 0 Å². The predicted molar refractivity (Wildman–Crippen MR) is 64.0 cm³/mol. The summed E-state index contributed by atoms with van der Waals surface area (Å²) in [5, 5.41) is 7.66. The predicted octanol–water partition coefficient (Wildman–Crippen LogP) is 1.78. The quantitative estimate of drug-likeness (QED) is 0.721. The van der Waals surface area contributed by atoms with Crippen LogP contribution in [0.15, 0.2) is 18.2 Å². The molecule has 84 valence electrons.